The van der Waals surface area contributed by atoms with Crippen molar-refractivity contribution < 1.29 is 0 Å². The van der Waals surface area contributed by atoms with Gasteiger partial charge < -0.3 is 0 Å². The molecule has 2 aliphatic rings. The predicted molar refractivity (Wildman–Crippen MR) is 131 cm³/mol. The van der Waals surface area contributed by atoms with E-state index in [0.717, 1.165) is 17.8 Å². The van der Waals surface area contributed by atoms with Gasteiger partial charge in [0.1, 0.15) is 0 Å². The Morgan fingerprint density at radius 1 is 0.613 bits per heavy atom. The van der Waals surface area contributed by atoms with Crippen molar-refractivity contribution in [3.63, 3.8) is 0 Å². The number of hydrogen-bond acceptors (Lipinski definition) is 0. The van der Waals surface area contributed by atoms with Crippen LogP contribution in [0.25, 0.3) is 0 Å². The zero-order chi connectivity index (χ0) is 21.0. The van der Waals surface area contributed by atoms with Crippen LogP contribution in [0.2, 0.25) is 0 Å². The molecule has 3 aromatic carbocycles. The minimum atomic E-state index is 0.424. The van der Waals surface area contributed by atoms with Gasteiger partial charge in [-0.1, -0.05) is 56.5 Å². The van der Waals surface area contributed by atoms with Crippen LogP contribution in [0.3, 0.4) is 0 Å². The first kappa shape index (κ1) is 20.4. The van der Waals surface area contributed by atoms with Gasteiger partial charge in [-0.2, -0.15) is 0 Å². The monoisotopic (exact) mass is 407 g/mol. The molecule has 0 heteroatoms. The Labute approximate surface area is 188 Å². The lowest BCUT2D eigenvalue weighted by atomic mass is 9.67. The van der Waals surface area contributed by atoms with E-state index in [9.17, 15) is 0 Å². The number of rotatable bonds is 7. The third-order valence-corrected chi connectivity index (χ3v) is 7.93. The average Bonchev–Trinajstić information content (AvgIpc) is 3.31. The Bertz CT molecular complexity index is 958. The van der Waals surface area contributed by atoms with Crippen LogP contribution in [0.15, 0.2) is 78.9 Å². The fourth-order valence-electron chi connectivity index (χ4n) is 5.91. The van der Waals surface area contributed by atoms with E-state index in [-0.39, 0.29) is 0 Å². The number of benzene rings is 3. The van der Waals surface area contributed by atoms with Gasteiger partial charge in [0.05, 0.1) is 11.1 Å². The molecule has 0 bridgehead atoms. The Balaban J connectivity index is 1.31. The summed E-state index contributed by atoms with van der Waals surface area (Å²) in [5.74, 6) is 3.06. The highest BCUT2D eigenvalue weighted by Crippen LogP contribution is 2.48. The molecule has 0 saturated heterocycles. The van der Waals surface area contributed by atoms with Crippen LogP contribution in [0.1, 0.15) is 91.5 Å². The molecule has 2 atom stereocenters. The summed E-state index contributed by atoms with van der Waals surface area (Å²) in [6.45, 7) is 2.29. The molecule has 2 saturated carbocycles. The molecule has 0 N–H and O–H groups in total. The summed E-state index contributed by atoms with van der Waals surface area (Å²) in [5, 5.41) is 0. The standard InChI is InChI=1S/C31H35/c1-23(26-10-3-2-4-11-26)27-19-17-24(18-20-27)21-25-9-7-16-30(22-25)31(29-14-8-15-29)28-12-5-6-13-28/h2-4,7,9-11,16-23,28-29,31H,5-6,8,12-15H2,1H3/q+1. The molecule has 2 fully saturated rings. The van der Waals surface area contributed by atoms with E-state index in [0.29, 0.717) is 5.92 Å². The summed E-state index contributed by atoms with van der Waals surface area (Å²) in [6, 6.07) is 29.4. The molecule has 158 valence electrons. The Kier molecular flexibility index (Phi) is 6.16. The van der Waals surface area contributed by atoms with E-state index in [1.54, 1.807) is 5.56 Å². The van der Waals surface area contributed by atoms with Crippen molar-refractivity contribution >= 4 is 0 Å². The molecule has 5 rings (SSSR count). The highest BCUT2D eigenvalue weighted by molar-refractivity contribution is 5.42. The van der Waals surface area contributed by atoms with Crippen LogP contribution < -0.4 is 0 Å². The average molecular weight is 408 g/mol. The van der Waals surface area contributed by atoms with Crippen LogP contribution in [-0.4, -0.2) is 0 Å². The highest BCUT2D eigenvalue weighted by atomic mass is 14.4. The summed E-state index contributed by atoms with van der Waals surface area (Å²) in [5.41, 5.74) is 7.00. The van der Waals surface area contributed by atoms with Crippen molar-refractivity contribution in [3.8, 4) is 0 Å². The predicted octanol–water partition coefficient (Wildman–Crippen LogP) is 8.51. The van der Waals surface area contributed by atoms with Crippen molar-refractivity contribution in [2.45, 2.75) is 63.7 Å². The quantitative estimate of drug-likeness (QED) is 0.344. The first-order chi connectivity index (χ1) is 15.3. The Morgan fingerprint density at radius 2 is 1.23 bits per heavy atom. The van der Waals surface area contributed by atoms with Gasteiger partial charge in [0.25, 0.3) is 0 Å². The van der Waals surface area contributed by atoms with Gasteiger partial charge in [0.15, 0.2) is 0 Å². The fraction of sp³-hybridized carbons (Fsp3) is 0.387. The molecular weight excluding hydrogens is 372 g/mol. The van der Waals surface area contributed by atoms with E-state index < -0.39 is 0 Å². The lowest BCUT2D eigenvalue weighted by Gasteiger charge is -2.37. The molecule has 0 spiro atoms. The first-order valence-electron chi connectivity index (χ1n) is 12.4. The summed E-state index contributed by atoms with van der Waals surface area (Å²) in [4.78, 5) is 0. The zero-order valence-corrected chi connectivity index (χ0v) is 18.8. The van der Waals surface area contributed by atoms with E-state index >= 15 is 0 Å². The third-order valence-electron chi connectivity index (χ3n) is 7.93. The minimum absolute atomic E-state index is 0.424. The Hall–Kier alpha value is -2.47. The fourth-order valence-corrected chi connectivity index (χ4v) is 5.91. The summed E-state index contributed by atoms with van der Waals surface area (Å²) < 4.78 is 0. The van der Waals surface area contributed by atoms with Crippen LogP contribution in [0.4, 0.5) is 0 Å². The van der Waals surface area contributed by atoms with Gasteiger partial charge in [-0.25, -0.2) is 0 Å². The summed E-state index contributed by atoms with van der Waals surface area (Å²) in [6.07, 6.45) is 12.4. The smallest absolute Gasteiger partial charge is 0.0622 e. The summed E-state index contributed by atoms with van der Waals surface area (Å²) >= 11 is 0. The number of hydrogen-bond donors (Lipinski definition) is 0. The molecule has 31 heavy (non-hydrogen) atoms. The van der Waals surface area contributed by atoms with Crippen LogP contribution in [0, 0.1) is 18.3 Å². The SMILES string of the molecule is CC(c1ccccc1)c1ccc([CH+]c2cccc(C(C3CCCC3)C3CCC3)c2)cc1. The van der Waals surface area contributed by atoms with E-state index in [1.165, 1.54) is 67.2 Å². The second-order valence-corrected chi connectivity index (χ2v) is 9.87. The van der Waals surface area contributed by atoms with Gasteiger partial charge >= 0.3 is 0 Å². The molecule has 0 aliphatic heterocycles. The molecule has 0 heterocycles. The molecule has 0 radical (unpaired) electrons. The Morgan fingerprint density at radius 3 is 1.87 bits per heavy atom. The van der Waals surface area contributed by atoms with Crippen molar-refractivity contribution in [1.82, 2.24) is 0 Å². The second kappa shape index (κ2) is 9.35. The van der Waals surface area contributed by atoms with E-state index in [2.05, 4.69) is 92.2 Å². The largest absolute Gasteiger partial charge is 0.0728 e. The lowest BCUT2D eigenvalue weighted by Crippen LogP contribution is -2.25. The molecule has 3 aromatic rings. The maximum Gasteiger partial charge on any atom is 0.0728 e. The molecule has 0 amide bonds. The topological polar surface area (TPSA) is 0 Å². The van der Waals surface area contributed by atoms with E-state index in [4.69, 9.17) is 0 Å². The molecular formula is C31H35+. The third kappa shape index (κ3) is 4.59. The van der Waals surface area contributed by atoms with Gasteiger partial charge in [-0.3, -0.25) is 0 Å². The second-order valence-electron chi connectivity index (χ2n) is 9.87. The van der Waals surface area contributed by atoms with E-state index in [1.807, 2.05) is 0 Å². The van der Waals surface area contributed by atoms with Gasteiger partial charge in [0.2, 0.25) is 0 Å². The van der Waals surface area contributed by atoms with Gasteiger partial charge in [-0.15, -0.1) is 0 Å². The molecule has 2 unspecified atom stereocenters. The maximum absolute atomic E-state index is 2.49. The molecule has 2 aliphatic carbocycles. The maximum atomic E-state index is 2.49. The van der Waals surface area contributed by atoms with Gasteiger partial charge in [-0.05, 0) is 84.4 Å². The van der Waals surface area contributed by atoms with Crippen LogP contribution in [0.5, 0.6) is 0 Å². The summed E-state index contributed by atoms with van der Waals surface area (Å²) in [7, 11) is 0. The highest BCUT2D eigenvalue weighted by Gasteiger charge is 2.36. The van der Waals surface area contributed by atoms with Crippen molar-refractivity contribution in [1.29, 1.82) is 0 Å². The van der Waals surface area contributed by atoms with Crippen molar-refractivity contribution in [2.75, 3.05) is 0 Å². The lowest BCUT2D eigenvalue weighted by molar-refractivity contribution is 0.206. The van der Waals surface area contributed by atoms with Crippen molar-refractivity contribution in [2.24, 2.45) is 11.8 Å². The normalized spacial score (nSPS) is 19.0. The first-order valence-corrected chi connectivity index (χ1v) is 12.4. The molecule has 0 aromatic heterocycles. The minimum Gasteiger partial charge on any atom is -0.0622 e. The zero-order valence-electron chi connectivity index (χ0n) is 18.8. The van der Waals surface area contributed by atoms with Crippen LogP contribution in [-0.2, 0) is 0 Å². The van der Waals surface area contributed by atoms with Gasteiger partial charge in [0, 0.05) is 36.6 Å². The van der Waals surface area contributed by atoms with Crippen LogP contribution >= 0.6 is 0 Å². The molecule has 0 nitrogen and oxygen atoms in total. The van der Waals surface area contributed by atoms with Crippen molar-refractivity contribution in [3.05, 3.63) is 113 Å².